The van der Waals surface area contributed by atoms with E-state index in [1.807, 2.05) is 19.0 Å². The first-order valence-electron chi connectivity index (χ1n) is 6.76. The third-order valence-electron chi connectivity index (χ3n) is 2.99. The number of rotatable bonds is 4. The van der Waals surface area contributed by atoms with E-state index in [-0.39, 0.29) is 12.4 Å². The maximum absolute atomic E-state index is 13.4. The minimum absolute atomic E-state index is 0.182. The van der Waals surface area contributed by atoms with Crippen molar-refractivity contribution in [3.8, 4) is 0 Å². The van der Waals surface area contributed by atoms with E-state index < -0.39 is 6.03 Å². The molecule has 2 amide bonds. The lowest BCUT2D eigenvalue weighted by Gasteiger charge is -2.12. The highest BCUT2D eigenvalue weighted by molar-refractivity contribution is 5.89. The number of hydrogen-bond donors (Lipinski definition) is 2. The summed E-state index contributed by atoms with van der Waals surface area (Å²) in [5, 5.41) is 5.19. The van der Waals surface area contributed by atoms with Gasteiger partial charge in [0.05, 0.1) is 6.54 Å². The van der Waals surface area contributed by atoms with Crippen LogP contribution < -0.4 is 15.5 Å². The first-order valence-corrected chi connectivity index (χ1v) is 6.76. The lowest BCUT2D eigenvalue weighted by Crippen LogP contribution is -2.29. The molecule has 2 N–H and O–H groups in total. The van der Waals surface area contributed by atoms with E-state index in [1.165, 1.54) is 6.07 Å². The number of nitrogens with one attached hydrogen (secondary N) is 2. The number of nitrogens with zero attached hydrogens (tertiary/aromatic N) is 3. The third kappa shape index (κ3) is 4.15. The maximum Gasteiger partial charge on any atom is 0.319 e. The second kappa shape index (κ2) is 6.84. The van der Waals surface area contributed by atoms with Gasteiger partial charge in [0, 0.05) is 26.0 Å². The quantitative estimate of drug-likeness (QED) is 0.909. The summed E-state index contributed by atoms with van der Waals surface area (Å²) in [7, 11) is 3.75. The molecular formula is C15H18FN5O. The van der Waals surface area contributed by atoms with Crippen LogP contribution in [0, 0.1) is 12.7 Å². The van der Waals surface area contributed by atoms with Gasteiger partial charge in [-0.3, -0.25) is 0 Å². The van der Waals surface area contributed by atoms with E-state index in [0.29, 0.717) is 17.1 Å². The first kappa shape index (κ1) is 15.7. The average molecular weight is 303 g/mol. The van der Waals surface area contributed by atoms with Crippen molar-refractivity contribution in [2.75, 3.05) is 24.3 Å². The smallest absolute Gasteiger partial charge is 0.319 e. The normalized spacial score (nSPS) is 10.2. The van der Waals surface area contributed by atoms with Crippen molar-refractivity contribution in [3.05, 3.63) is 47.7 Å². The SMILES string of the molecule is Cc1ccc(NC(=O)NCc2nccc(N(C)C)n2)cc1F. The maximum atomic E-state index is 13.4. The van der Waals surface area contributed by atoms with E-state index in [2.05, 4.69) is 20.6 Å². The molecule has 0 aliphatic rings. The van der Waals surface area contributed by atoms with E-state index in [0.717, 1.165) is 5.82 Å². The zero-order valence-corrected chi connectivity index (χ0v) is 12.7. The molecule has 0 aliphatic carbocycles. The molecule has 2 aromatic rings. The van der Waals surface area contributed by atoms with Gasteiger partial charge < -0.3 is 15.5 Å². The van der Waals surface area contributed by atoms with Gasteiger partial charge in [0.1, 0.15) is 17.5 Å². The van der Waals surface area contributed by atoms with Gasteiger partial charge in [0.2, 0.25) is 0 Å². The van der Waals surface area contributed by atoms with E-state index in [9.17, 15) is 9.18 Å². The van der Waals surface area contributed by atoms with Crippen LogP contribution in [0.5, 0.6) is 0 Å². The summed E-state index contributed by atoms with van der Waals surface area (Å²) in [6.07, 6.45) is 1.63. The largest absolute Gasteiger partial charge is 0.363 e. The van der Waals surface area contributed by atoms with Crippen LogP contribution in [0.3, 0.4) is 0 Å². The number of carbonyl (C=O) groups excluding carboxylic acids is 1. The van der Waals surface area contributed by atoms with Crippen molar-refractivity contribution in [1.29, 1.82) is 0 Å². The topological polar surface area (TPSA) is 70.2 Å². The Morgan fingerprint density at radius 3 is 2.77 bits per heavy atom. The molecule has 0 unspecified atom stereocenters. The minimum atomic E-state index is -0.442. The lowest BCUT2D eigenvalue weighted by molar-refractivity contribution is 0.251. The van der Waals surface area contributed by atoms with Gasteiger partial charge in [-0.1, -0.05) is 6.07 Å². The van der Waals surface area contributed by atoms with E-state index in [1.54, 1.807) is 31.3 Å². The van der Waals surface area contributed by atoms with Gasteiger partial charge in [-0.2, -0.15) is 0 Å². The molecule has 0 atom stereocenters. The summed E-state index contributed by atoms with van der Waals surface area (Å²) >= 11 is 0. The van der Waals surface area contributed by atoms with Crippen LogP contribution in [-0.4, -0.2) is 30.1 Å². The number of aryl methyl sites for hydroxylation is 1. The van der Waals surface area contributed by atoms with Crippen LogP contribution in [0.25, 0.3) is 0 Å². The number of carbonyl (C=O) groups is 1. The number of hydrogen-bond acceptors (Lipinski definition) is 4. The zero-order valence-electron chi connectivity index (χ0n) is 12.7. The standard InChI is InChI=1S/C15H18FN5O/c1-10-4-5-11(8-12(10)16)19-15(22)18-9-13-17-7-6-14(20-13)21(2)3/h4-8H,9H2,1-3H3,(H2,18,19,22). The monoisotopic (exact) mass is 303 g/mol. The summed E-state index contributed by atoms with van der Waals surface area (Å²) in [5.41, 5.74) is 0.920. The van der Waals surface area contributed by atoms with Gasteiger partial charge >= 0.3 is 6.03 Å². The molecule has 6 nitrogen and oxygen atoms in total. The lowest BCUT2D eigenvalue weighted by atomic mass is 10.2. The van der Waals surface area contributed by atoms with Crippen LogP contribution in [0.4, 0.5) is 20.7 Å². The molecule has 116 valence electrons. The Hall–Kier alpha value is -2.70. The van der Waals surface area contributed by atoms with Crippen molar-refractivity contribution in [3.63, 3.8) is 0 Å². The second-order valence-corrected chi connectivity index (χ2v) is 5.00. The van der Waals surface area contributed by atoms with Crippen LogP contribution in [0.1, 0.15) is 11.4 Å². The van der Waals surface area contributed by atoms with E-state index in [4.69, 9.17) is 0 Å². The Morgan fingerprint density at radius 1 is 1.32 bits per heavy atom. The summed E-state index contributed by atoms with van der Waals surface area (Å²) in [5.74, 6) is 0.893. The summed E-state index contributed by atoms with van der Waals surface area (Å²) in [4.78, 5) is 22.0. The molecule has 1 aromatic carbocycles. The Morgan fingerprint density at radius 2 is 2.09 bits per heavy atom. The minimum Gasteiger partial charge on any atom is -0.363 e. The molecule has 0 spiro atoms. The predicted molar refractivity (Wildman–Crippen MR) is 83.4 cm³/mol. The Labute approximate surface area is 128 Å². The Bertz CT molecular complexity index is 675. The number of anilines is 2. The van der Waals surface area contributed by atoms with Gasteiger partial charge in [-0.15, -0.1) is 0 Å². The summed E-state index contributed by atoms with van der Waals surface area (Å²) in [6, 6.07) is 5.86. The summed E-state index contributed by atoms with van der Waals surface area (Å²) < 4.78 is 13.4. The Kier molecular flexibility index (Phi) is 4.88. The first-order chi connectivity index (χ1) is 10.5. The molecule has 0 saturated carbocycles. The molecule has 0 radical (unpaired) electrons. The molecule has 0 saturated heterocycles. The van der Waals surface area contributed by atoms with Gasteiger partial charge in [-0.05, 0) is 30.7 Å². The Balaban J connectivity index is 1.92. The highest BCUT2D eigenvalue weighted by Crippen LogP contribution is 2.13. The molecule has 7 heteroatoms. The van der Waals surface area contributed by atoms with Gasteiger partial charge in [0.25, 0.3) is 0 Å². The fourth-order valence-corrected chi connectivity index (χ4v) is 1.73. The number of aromatic nitrogens is 2. The van der Waals surface area contributed by atoms with Crippen LogP contribution >= 0.6 is 0 Å². The predicted octanol–water partition coefficient (Wildman–Crippen LogP) is 2.31. The molecule has 1 aromatic heterocycles. The molecular weight excluding hydrogens is 285 g/mol. The van der Waals surface area contributed by atoms with Crippen molar-refractivity contribution in [2.45, 2.75) is 13.5 Å². The summed E-state index contributed by atoms with van der Waals surface area (Å²) in [6.45, 7) is 1.84. The van der Waals surface area contributed by atoms with Crippen molar-refractivity contribution >= 4 is 17.5 Å². The van der Waals surface area contributed by atoms with Crippen LogP contribution in [0.2, 0.25) is 0 Å². The number of benzene rings is 1. The zero-order chi connectivity index (χ0) is 16.1. The molecule has 0 bridgehead atoms. The van der Waals surface area contributed by atoms with Crippen LogP contribution in [-0.2, 0) is 6.54 Å². The fourth-order valence-electron chi connectivity index (χ4n) is 1.73. The second-order valence-electron chi connectivity index (χ2n) is 5.00. The van der Waals surface area contributed by atoms with Crippen molar-refractivity contribution in [2.24, 2.45) is 0 Å². The molecule has 22 heavy (non-hydrogen) atoms. The molecule has 1 heterocycles. The molecule has 0 fully saturated rings. The van der Waals surface area contributed by atoms with Gasteiger partial charge in [-0.25, -0.2) is 19.2 Å². The van der Waals surface area contributed by atoms with Gasteiger partial charge in [0.15, 0.2) is 0 Å². The number of halogens is 1. The fraction of sp³-hybridized carbons (Fsp3) is 0.267. The number of urea groups is 1. The van der Waals surface area contributed by atoms with Crippen LogP contribution in [0.15, 0.2) is 30.5 Å². The molecule has 0 aliphatic heterocycles. The van der Waals surface area contributed by atoms with Crippen molar-refractivity contribution in [1.82, 2.24) is 15.3 Å². The highest BCUT2D eigenvalue weighted by Gasteiger charge is 2.06. The highest BCUT2D eigenvalue weighted by atomic mass is 19.1. The molecule has 2 rings (SSSR count). The van der Waals surface area contributed by atoms with E-state index >= 15 is 0 Å². The van der Waals surface area contributed by atoms with Crippen molar-refractivity contribution < 1.29 is 9.18 Å². The third-order valence-corrected chi connectivity index (χ3v) is 2.99. The average Bonchev–Trinajstić information content (AvgIpc) is 2.49. The number of amides is 2.